The van der Waals surface area contributed by atoms with Gasteiger partial charge in [-0.05, 0) is 13.0 Å². The van der Waals surface area contributed by atoms with Gasteiger partial charge in [0.25, 0.3) is 0 Å². The van der Waals surface area contributed by atoms with Crippen LogP contribution in [-0.2, 0) is 4.74 Å². The summed E-state index contributed by atoms with van der Waals surface area (Å²) < 4.78 is 34.1. The molecule has 4 rings (SSSR count). The van der Waals surface area contributed by atoms with E-state index in [1.165, 1.54) is 11.3 Å². The Morgan fingerprint density at radius 1 is 1.27 bits per heavy atom. The number of fused-ring (bicyclic) bond motifs is 1. The Morgan fingerprint density at radius 2 is 2.04 bits per heavy atom. The van der Waals surface area contributed by atoms with Crippen LogP contribution in [-0.4, -0.2) is 46.3 Å². The van der Waals surface area contributed by atoms with Crippen molar-refractivity contribution in [2.24, 2.45) is 0 Å². The van der Waals surface area contributed by atoms with Crippen LogP contribution < -0.4 is 0 Å². The first-order chi connectivity index (χ1) is 12.5. The molecule has 1 saturated heterocycles. The molecule has 1 atom stereocenters. The number of ether oxygens (including phenoxy) is 1. The minimum atomic E-state index is -0.740. The van der Waals surface area contributed by atoms with E-state index in [1.807, 2.05) is 17.9 Å². The molecule has 26 heavy (non-hydrogen) atoms. The van der Waals surface area contributed by atoms with Gasteiger partial charge in [-0.15, -0.1) is 11.3 Å². The number of benzene rings is 1. The van der Waals surface area contributed by atoms with Crippen molar-refractivity contribution >= 4 is 21.6 Å². The van der Waals surface area contributed by atoms with Gasteiger partial charge >= 0.3 is 0 Å². The predicted molar refractivity (Wildman–Crippen MR) is 94.4 cm³/mol. The first-order valence-electron chi connectivity index (χ1n) is 8.26. The number of thiazole rings is 1. The first kappa shape index (κ1) is 17.3. The standard InChI is InChI=1S/C18H17F2N3O2S/c1-10-22-16-14(26-10)3-2-12(18(16)24)17(23-4-6-25-7-5-23)15-13(20)8-11(19)9-21-15/h2-3,8-9,17,24H,4-7H2,1H3. The lowest BCUT2D eigenvalue weighted by Crippen LogP contribution is -2.40. The van der Waals surface area contributed by atoms with Crippen molar-refractivity contribution in [2.75, 3.05) is 26.3 Å². The zero-order valence-electron chi connectivity index (χ0n) is 14.1. The van der Waals surface area contributed by atoms with Gasteiger partial charge in [0.1, 0.15) is 22.9 Å². The Balaban J connectivity index is 1.88. The highest BCUT2D eigenvalue weighted by Gasteiger charge is 2.31. The van der Waals surface area contributed by atoms with E-state index in [2.05, 4.69) is 9.97 Å². The quantitative estimate of drug-likeness (QED) is 0.758. The van der Waals surface area contributed by atoms with Gasteiger partial charge < -0.3 is 9.84 Å². The topological polar surface area (TPSA) is 58.5 Å². The normalized spacial score (nSPS) is 16.9. The molecule has 3 aromatic rings. The van der Waals surface area contributed by atoms with E-state index in [1.54, 1.807) is 6.07 Å². The van der Waals surface area contributed by atoms with Crippen LogP contribution >= 0.6 is 11.3 Å². The molecule has 1 fully saturated rings. The highest BCUT2D eigenvalue weighted by molar-refractivity contribution is 7.18. The van der Waals surface area contributed by atoms with Crippen LogP contribution in [0.25, 0.3) is 10.2 Å². The molecule has 8 heteroatoms. The van der Waals surface area contributed by atoms with Crippen molar-refractivity contribution in [2.45, 2.75) is 13.0 Å². The van der Waals surface area contributed by atoms with E-state index >= 15 is 0 Å². The second-order valence-electron chi connectivity index (χ2n) is 6.15. The lowest BCUT2D eigenvalue weighted by Gasteiger charge is -2.34. The molecule has 0 radical (unpaired) electrons. The number of nitrogens with zero attached hydrogens (tertiary/aromatic N) is 3. The molecular formula is C18H17F2N3O2S. The molecule has 0 saturated carbocycles. The number of phenolic OH excluding ortho intramolecular Hbond substituents is 1. The number of halogens is 2. The molecule has 5 nitrogen and oxygen atoms in total. The lowest BCUT2D eigenvalue weighted by molar-refractivity contribution is 0.0222. The number of morpholine rings is 1. The number of rotatable bonds is 3. The van der Waals surface area contributed by atoms with Gasteiger partial charge in [-0.2, -0.15) is 0 Å². The number of phenols is 1. The van der Waals surface area contributed by atoms with Crippen molar-refractivity contribution < 1.29 is 18.6 Å². The minimum Gasteiger partial charge on any atom is -0.505 e. The summed E-state index contributed by atoms with van der Waals surface area (Å²) in [7, 11) is 0. The Hall–Kier alpha value is -2.16. The number of hydrogen-bond acceptors (Lipinski definition) is 6. The smallest absolute Gasteiger partial charge is 0.149 e. The van der Waals surface area contributed by atoms with E-state index in [0.717, 1.165) is 22.0 Å². The maximum Gasteiger partial charge on any atom is 0.149 e. The third-order valence-electron chi connectivity index (χ3n) is 4.47. The second-order valence-corrected chi connectivity index (χ2v) is 7.39. The molecule has 0 aliphatic carbocycles. The van der Waals surface area contributed by atoms with Crippen LogP contribution in [0.4, 0.5) is 8.78 Å². The zero-order valence-corrected chi connectivity index (χ0v) is 14.9. The van der Waals surface area contributed by atoms with Gasteiger partial charge in [0, 0.05) is 24.7 Å². The fourth-order valence-electron chi connectivity index (χ4n) is 3.31. The van der Waals surface area contributed by atoms with E-state index in [-0.39, 0.29) is 11.4 Å². The summed E-state index contributed by atoms with van der Waals surface area (Å²) in [6.07, 6.45) is 0.994. The summed E-state index contributed by atoms with van der Waals surface area (Å²) in [5.41, 5.74) is 1.07. The SMILES string of the molecule is Cc1nc2c(O)c(C(c3ncc(F)cc3F)N3CCOCC3)ccc2s1. The second kappa shape index (κ2) is 6.86. The summed E-state index contributed by atoms with van der Waals surface area (Å²) in [6.45, 7) is 3.97. The van der Waals surface area contributed by atoms with Crippen LogP contribution in [0.3, 0.4) is 0 Å². The fraction of sp³-hybridized carbons (Fsp3) is 0.333. The van der Waals surface area contributed by atoms with Gasteiger partial charge in [-0.25, -0.2) is 13.8 Å². The number of pyridine rings is 1. The van der Waals surface area contributed by atoms with E-state index in [9.17, 15) is 13.9 Å². The molecule has 1 unspecified atom stereocenters. The monoisotopic (exact) mass is 377 g/mol. The summed E-state index contributed by atoms with van der Waals surface area (Å²) >= 11 is 1.48. The van der Waals surface area contributed by atoms with E-state index in [4.69, 9.17) is 4.74 Å². The Labute approximate surface area is 152 Å². The number of aryl methyl sites for hydroxylation is 1. The van der Waals surface area contributed by atoms with Gasteiger partial charge in [-0.1, -0.05) is 6.07 Å². The van der Waals surface area contributed by atoms with Crippen LogP contribution in [0.2, 0.25) is 0 Å². The number of aromatic nitrogens is 2. The van der Waals surface area contributed by atoms with Crippen LogP contribution in [0.1, 0.15) is 22.3 Å². The van der Waals surface area contributed by atoms with Gasteiger partial charge in [0.2, 0.25) is 0 Å². The molecule has 3 heterocycles. The number of aromatic hydroxyl groups is 1. The van der Waals surface area contributed by atoms with Gasteiger partial charge in [-0.3, -0.25) is 9.88 Å². The summed E-state index contributed by atoms with van der Waals surface area (Å²) in [5, 5.41) is 11.7. The molecule has 1 aliphatic heterocycles. The summed E-state index contributed by atoms with van der Waals surface area (Å²) in [5.74, 6) is -1.47. The van der Waals surface area contributed by atoms with Gasteiger partial charge in [0.15, 0.2) is 0 Å². The number of hydrogen-bond donors (Lipinski definition) is 1. The van der Waals surface area contributed by atoms with Crippen molar-refractivity contribution in [3.05, 3.63) is 52.3 Å². The summed E-state index contributed by atoms with van der Waals surface area (Å²) in [6, 6.07) is 3.80. The van der Waals surface area contributed by atoms with E-state index in [0.29, 0.717) is 37.4 Å². The molecular weight excluding hydrogens is 360 g/mol. The van der Waals surface area contributed by atoms with E-state index < -0.39 is 17.7 Å². The van der Waals surface area contributed by atoms with Crippen molar-refractivity contribution in [1.29, 1.82) is 0 Å². The first-order valence-corrected chi connectivity index (χ1v) is 9.08. The lowest BCUT2D eigenvalue weighted by atomic mass is 9.98. The largest absolute Gasteiger partial charge is 0.505 e. The Kier molecular flexibility index (Phi) is 4.56. The average molecular weight is 377 g/mol. The molecule has 1 N–H and O–H groups in total. The van der Waals surface area contributed by atoms with Crippen LogP contribution in [0.5, 0.6) is 5.75 Å². The highest BCUT2D eigenvalue weighted by atomic mass is 32.1. The molecule has 1 aromatic carbocycles. The zero-order chi connectivity index (χ0) is 18.3. The minimum absolute atomic E-state index is 0.00821. The third kappa shape index (κ3) is 3.04. The highest BCUT2D eigenvalue weighted by Crippen LogP contribution is 2.40. The molecule has 1 aliphatic rings. The molecule has 136 valence electrons. The predicted octanol–water partition coefficient (Wildman–Crippen LogP) is 3.41. The Bertz CT molecular complexity index is 957. The van der Waals surface area contributed by atoms with Crippen molar-refractivity contribution in [1.82, 2.24) is 14.9 Å². The fourth-order valence-corrected chi connectivity index (χ4v) is 4.14. The average Bonchev–Trinajstić information content (AvgIpc) is 3.01. The molecule has 0 amide bonds. The third-order valence-corrected chi connectivity index (χ3v) is 5.41. The van der Waals surface area contributed by atoms with Crippen LogP contribution in [0, 0.1) is 18.6 Å². The van der Waals surface area contributed by atoms with Crippen molar-refractivity contribution in [3.63, 3.8) is 0 Å². The molecule has 0 spiro atoms. The van der Waals surface area contributed by atoms with Gasteiger partial charge in [0.05, 0.1) is 40.9 Å². The Morgan fingerprint density at radius 3 is 2.77 bits per heavy atom. The maximum atomic E-state index is 14.5. The summed E-state index contributed by atoms with van der Waals surface area (Å²) in [4.78, 5) is 10.4. The van der Waals surface area contributed by atoms with Crippen molar-refractivity contribution in [3.8, 4) is 5.75 Å². The molecule has 0 bridgehead atoms. The molecule has 2 aromatic heterocycles. The maximum absolute atomic E-state index is 14.5. The van der Waals surface area contributed by atoms with Crippen LogP contribution in [0.15, 0.2) is 24.4 Å².